The maximum Gasteiger partial charge on any atom is 0.416 e. The molecule has 0 aromatic heterocycles. The molecule has 1 aliphatic rings. The average molecular weight is 241 g/mol. The van der Waals surface area contributed by atoms with Crippen molar-refractivity contribution in [3.8, 4) is 6.07 Å². The first-order chi connectivity index (χ1) is 8.00. The average Bonchev–Trinajstić information content (AvgIpc) is 2.80. The minimum Gasteiger partial charge on any atom is -0.245 e. The third-order valence-corrected chi connectivity index (χ3v) is 2.06. The molecule has 5 nitrogen and oxygen atoms in total. The number of nitriles is 1. The second-order valence-electron chi connectivity index (χ2n) is 3.22. The molecule has 0 amide bonds. The first kappa shape index (κ1) is 11.2. The number of benzene rings is 1. The van der Waals surface area contributed by atoms with Crippen molar-refractivity contribution in [2.75, 3.05) is 5.01 Å². The number of hydrogen-bond donors (Lipinski definition) is 2. The molecule has 8 heteroatoms. The maximum atomic E-state index is 12.6. The first-order valence-corrected chi connectivity index (χ1v) is 4.46. The van der Waals surface area contributed by atoms with Crippen LogP contribution in [0.25, 0.3) is 0 Å². The Hall–Kier alpha value is -2.27. The van der Waals surface area contributed by atoms with Gasteiger partial charge in [-0.05, 0) is 18.2 Å². The SMILES string of the molecule is N#Cc1cc(N2C=NNN2)cc(C(F)(F)F)c1. The summed E-state index contributed by atoms with van der Waals surface area (Å²) in [5, 5.41) is 13.5. The van der Waals surface area contributed by atoms with E-state index in [4.69, 9.17) is 5.26 Å². The van der Waals surface area contributed by atoms with Gasteiger partial charge in [-0.25, -0.2) is 10.5 Å². The topological polar surface area (TPSA) is 63.5 Å². The lowest BCUT2D eigenvalue weighted by Gasteiger charge is -2.16. The Bertz CT molecular complexity index is 502. The number of nitrogens with zero attached hydrogens (tertiary/aromatic N) is 3. The van der Waals surface area contributed by atoms with Crippen molar-refractivity contribution in [2.45, 2.75) is 6.18 Å². The zero-order valence-corrected chi connectivity index (χ0v) is 8.28. The molecule has 0 aliphatic carbocycles. The molecule has 0 spiro atoms. The molecule has 1 aliphatic heterocycles. The Morgan fingerprint density at radius 1 is 1.29 bits per heavy atom. The van der Waals surface area contributed by atoms with E-state index in [2.05, 4.69) is 16.2 Å². The predicted octanol–water partition coefficient (Wildman–Crippen LogP) is 1.35. The van der Waals surface area contributed by atoms with Crippen LogP contribution in [-0.2, 0) is 6.18 Å². The Morgan fingerprint density at radius 2 is 2.06 bits per heavy atom. The Kier molecular flexibility index (Phi) is 2.61. The van der Waals surface area contributed by atoms with Crippen LogP contribution in [0.5, 0.6) is 0 Å². The summed E-state index contributed by atoms with van der Waals surface area (Å²) in [4.78, 5) is 0. The molecular weight excluding hydrogens is 235 g/mol. The standard InChI is InChI=1S/C9H6F3N5/c10-9(11,12)7-1-6(4-13)2-8(3-7)17-5-14-15-16-17/h1-3,5,15-16H. The van der Waals surface area contributed by atoms with Gasteiger partial charge in [-0.3, -0.25) is 0 Å². The van der Waals surface area contributed by atoms with Gasteiger partial charge in [0.1, 0.15) is 6.34 Å². The van der Waals surface area contributed by atoms with Gasteiger partial charge in [-0.2, -0.15) is 23.5 Å². The van der Waals surface area contributed by atoms with E-state index in [-0.39, 0.29) is 11.3 Å². The quantitative estimate of drug-likeness (QED) is 0.779. The molecule has 0 saturated carbocycles. The lowest BCUT2D eigenvalue weighted by molar-refractivity contribution is -0.137. The molecule has 0 atom stereocenters. The summed E-state index contributed by atoms with van der Waals surface area (Å²) in [7, 11) is 0. The minimum atomic E-state index is -4.49. The summed E-state index contributed by atoms with van der Waals surface area (Å²) >= 11 is 0. The van der Waals surface area contributed by atoms with E-state index >= 15 is 0 Å². The van der Waals surface area contributed by atoms with E-state index in [0.717, 1.165) is 12.1 Å². The molecule has 1 heterocycles. The summed E-state index contributed by atoms with van der Waals surface area (Å²) in [6.45, 7) is 0. The van der Waals surface area contributed by atoms with Crippen LogP contribution >= 0.6 is 0 Å². The smallest absolute Gasteiger partial charge is 0.245 e. The van der Waals surface area contributed by atoms with Gasteiger partial charge in [0.25, 0.3) is 0 Å². The van der Waals surface area contributed by atoms with Gasteiger partial charge in [0.2, 0.25) is 0 Å². The summed E-state index contributed by atoms with van der Waals surface area (Å²) < 4.78 is 37.7. The van der Waals surface area contributed by atoms with Crippen LogP contribution in [0.2, 0.25) is 0 Å². The summed E-state index contributed by atoms with van der Waals surface area (Å²) in [6.07, 6.45) is -3.23. The number of anilines is 1. The van der Waals surface area contributed by atoms with Crippen LogP contribution in [0, 0.1) is 11.3 Å². The van der Waals surface area contributed by atoms with E-state index in [1.807, 2.05) is 0 Å². The number of hydrazone groups is 1. The van der Waals surface area contributed by atoms with E-state index in [0.29, 0.717) is 0 Å². The molecule has 17 heavy (non-hydrogen) atoms. The number of rotatable bonds is 1. The molecule has 88 valence electrons. The number of nitrogens with one attached hydrogen (secondary N) is 2. The van der Waals surface area contributed by atoms with Gasteiger partial charge in [-0.1, -0.05) is 0 Å². The highest BCUT2D eigenvalue weighted by atomic mass is 19.4. The van der Waals surface area contributed by atoms with Crippen LogP contribution in [0.3, 0.4) is 0 Å². The normalized spacial score (nSPS) is 14.6. The third-order valence-electron chi connectivity index (χ3n) is 2.06. The molecule has 0 radical (unpaired) electrons. The molecule has 1 aromatic rings. The van der Waals surface area contributed by atoms with Crippen LogP contribution in [0.4, 0.5) is 18.9 Å². The van der Waals surface area contributed by atoms with Gasteiger partial charge >= 0.3 is 6.18 Å². The fourth-order valence-corrected chi connectivity index (χ4v) is 1.31. The molecule has 0 saturated heterocycles. The number of halogens is 3. The molecule has 2 N–H and O–H groups in total. The molecule has 2 rings (SSSR count). The summed E-state index contributed by atoms with van der Waals surface area (Å²) in [5.41, 5.74) is 4.05. The van der Waals surface area contributed by atoms with Crippen molar-refractivity contribution < 1.29 is 13.2 Å². The van der Waals surface area contributed by atoms with Gasteiger partial charge in [0.15, 0.2) is 0 Å². The second kappa shape index (κ2) is 3.95. The summed E-state index contributed by atoms with van der Waals surface area (Å²) in [5.74, 6) is 0. The zero-order chi connectivity index (χ0) is 12.5. The van der Waals surface area contributed by atoms with Crippen molar-refractivity contribution in [2.24, 2.45) is 5.10 Å². The number of alkyl halides is 3. The van der Waals surface area contributed by atoms with Crippen molar-refractivity contribution in [3.63, 3.8) is 0 Å². The predicted molar refractivity (Wildman–Crippen MR) is 53.4 cm³/mol. The van der Waals surface area contributed by atoms with Gasteiger partial charge in [0, 0.05) is 0 Å². The monoisotopic (exact) mass is 241 g/mol. The Balaban J connectivity index is 2.46. The lowest BCUT2D eigenvalue weighted by atomic mass is 10.1. The van der Waals surface area contributed by atoms with Crippen molar-refractivity contribution in [3.05, 3.63) is 29.3 Å². The number of hydrogen-bond acceptors (Lipinski definition) is 5. The van der Waals surface area contributed by atoms with Gasteiger partial charge < -0.3 is 0 Å². The first-order valence-electron chi connectivity index (χ1n) is 4.46. The minimum absolute atomic E-state index is 0.0723. The van der Waals surface area contributed by atoms with Crippen molar-refractivity contribution in [1.29, 1.82) is 5.26 Å². The van der Waals surface area contributed by atoms with E-state index in [1.165, 1.54) is 17.4 Å². The molecular formula is C9H6F3N5. The van der Waals surface area contributed by atoms with E-state index in [1.54, 1.807) is 6.07 Å². The van der Waals surface area contributed by atoms with E-state index in [9.17, 15) is 13.2 Å². The van der Waals surface area contributed by atoms with Crippen LogP contribution in [0.1, 0.15) is 11.1 Å². The highest BCUT2D eigenvalue weighted by molar-refractivity contribution is 5.79. The second-order valence-corrected chi connectivity index (χ2v) is 3.22. The summed E-state index contributed by atoms with van der Waals surface area (Å²) in [6, 6.07) is 4.72. The van der Waals surface area contributed by atoms with Crippen LogP contribution in [-0.4, -0.2) is 6.34 Å². The number of hydrazine groups is 2. The van der Waals surface area contributed by atoms with Gasteiger partial charge in [-0.15, -0.1) is 5.53 Å². The molecule has 0 fully saturated rings. The fourth-order valence-electron chi connectivity index (χ4n) is 1.31. The maximum absolute atomic E-state index is 12.6. The third kappa shape index (κ3) is 2.29. The molecule has 1 aromatic carbocycles. The molecule has 0 unspecified atom stereocenters. The van der Waals surface area contributed by atoms with E-state index < -0.39 is 11.7 Å². The molecule has 0 bridgehead atoms. The van der Waals surface area contributed by atoms with Crippen molar-refractivity contribution >= 4 is 12.0 Å². The lowest BCUT2D eigenvalue weighted by Crippen LogP contribution is -2.37. The largest absolute Gasteiger partial charge is 0.416 e. The van der Waals surface area contributed by atoms with Crippen LogP contribution < -0.4 is 16.1 Å². The highest BCUT2D eigenvalue weighted by Gasteiger charge is 2.31. The Morgan fingerprint density at radius 3 is 2.59 bits per heavy atom. The highest BCUT2D eigenvalue weighted by Crippen LogP contribution is 2.32. The van der Waals surface area contributed by atoms with Gasteiger partial charge in [0.05, 0.1) is 22.9 Å². The van der Waals surface area contributed by atoms with Crippen molar-refractivity contribution in [1.82, 2.24) is 11.1 Å². The zero-order valence-electron chi connectivity index (χ0n) is 8.28. The Labute approximate surface area is 94.1 Å². The fraction of sp³-hybridized carbons (Fsp3) is 0.111. The van der Waals surface area contributed by atoms with Crippen LogP contribution in [0.15, 0.2) is 23.3 Å².